The van der Waals surface area contributed by atoms with Crippen molar-refractivity contribution in [3.05, 3.63) is 54.1 Å². The minimum Gasteiger partial charge on any atom is -0.497 e. The van der Waals surface area contributed by atoms with E-state index in [2.05, 4.69) is 5.32 Å². The van der Waals surface area contributed by atoms with Gasteiger partial charge in [0.2, 0.25) is 11.8 Å². The second kappa shape index (κ2) is 9.17. The van der Waals surface area contributed by atoms with Gasteiger partial charge in [0.25, 0.3) is 5.91 Å². The number of nitrogens with zero attached hydrogens (tertiary/aromatic N) is 1. The van der Waals surface area contributed by atoms with Gasteiger partial charge in [-0.1, -0.05) is 12.1 Å². The van der Waals surface area contributed by atoms with E-state index in [1.165, 1.54) is 19.2 Å². The van der Waals surface area contributed by atoms with Crippen LogP contribution in [0.15, 0.2) is 48.5 Å². The first-order valence-electron chi connectivity index (χ1n) is 11.2. The van der Waals surface area contributed by atoms with Gasteiger partial charge in [-0.15, -0.1) is 23.2 Å². The Morgan fingerprint density at radius 3 is 2.31 bits per heavy atom. The Morgan fingerprint density at radius 2 is 1.66 bits per heavy atom. The van der Waals surface area contributed by atoms with Gasteiger partial charge in [-0.3, -0.25) is 19.3 Å². The molecule has 2 saturated carbocycles. The van der Waals surface area contributed by atoms with Gasteiger partial charge >= 0.3 is 5.97 Å². The highest BCUT2D eigenvalue weighted by atomic mass is 35.5. The lowest BCUT2D eigenvalue weighted by atomic mass is 9.80. The molecule has 5 rings (SSSR count). The van der Waals surface area contributed by atoms with Gasteiger partial charge in [-0.05, 0) is 48.6 Å². The normalized spacial score (nSPS) is 28.7. The Morgan fingerprint density at radius 1 is 1.00 bits per heavy atom. The molecule has 6 atom stereocenters. The maximum atomic E-state index is 13.2. The molecule has 8 nitrogen and oxygen atoms in total. The molecule has 1 aliphatic heterocycles. The summed E-state index contributed by atoms with van der Waals surface area (Å²) in [4.78, 5) is 52.3. The van der Waals surface area contributed by atoms with Gasteiger partial charge in [-0.25, -0.2) is 4.79 Å². The maximum Gasteiger partial charge on any atom is 0.338 e. The molecule has 0 spiro atoms. The number of carbonyl (C=O) groups excluding carboxylic acids is 4. The number of methoxy groups -OCH3 is 1. The fourth-order valence-corrected chi connectivity index (χ4v) is 6.38. The van der Waals surface area contributed by atoms with Crippen LogP contribution >= 0.6 is 23.2 Å². The number of hydrogen-bond acceptors (Lipinski definition) is 6. The fraction of sp³-hybridized carbons (Fsp3) is 0.360. The summed E-state index contributed by atoms with van der Waals surface area (Å²) in [5.74, 6) is -2.57. The first-order chi connectivity index (χ1) is 16.8. The lowest BCUT2D eigenvalue weighted by molar-refractivity contribution is -0.123. The summed E-state index contributed by atoms with van der Waals surface area (Å²) in [6.07, 6.45) is 0.674. The number of benzene rings is 2. The zero-order valence-corrected chi connectivity index (χ0v) is 20.2. The molecule has 0 unspecified atom stereocenters. The lowest BCUT2D eigenvalue weighted by Crippen LogP contribution is -2.37. The zero-order valence-electron chi connectivity index (χ0n) is 18.6. The largest absolute Gasteiger partial charge is 0.497 e. The second-order valence-corrected chi connectivity index (χ2v) is 9.93. The van der Waals surface area contributed by atoms with Gasteiger partial charge in [0.1, 0.15) is 5.75 Å². The lowest BCUT2D eigenvalue weighted by Gasteiger charge is -2.28. The highest BCUT2D eigenvalue weighted by Crippen LogP contribution is 2.59. The highest BCUT2D eigenvalue weighted by Gasteiger charge is 2.66. The molecule has 3 amide bonds. The molecule has 3 fully saturated rings. The van der Waals surface area contributed by atoms with E-state index >= 15 is 0 Å². The predicted octanol–water partition coefficient (Wildman–Crippen LogP) is 3.46. The molecule has 0 radical (unpaired) electrons. The Labute approximate surface area is 211 Å². The van der Waals surface area contributed by atoms with Gasteiger partial charge in [0.05, 0.1) is 41.0 Å². The van der Waals surface area contributed by atoms with Gasteiger partial charge in [-0.2, -0.15) is 0 Å². The van der Waals surface area contributed by atoms with Crippen molar-refractivity contribution in [3.63, 3.8) is 0 Å². The number of halogens is 2. The van der Waals surface area contributed by atoms with E-state index < -0.39 is 30.3 Å². The third-order valence-corrected chi connectivity index (χ3v) is 8.33. The SMILES string of the molecule is COc1cccc(NC(=O)COC(=O)c2cccc(N3C(=O)[C@@H]4[C@H]5C[C@@H]([C@H](Cl)[C@H]5Cl)[C@@H]4C3=O)c2)c1. The Kier molecular flexibility index (Phi) is 6.19. The van der Waals surface area contributed by atoms with Crippen molar-refractivity contribution in [3.8, 4) is 5.75 Å². The van der Waals surface area contributed by atoms with Crippen LogP contribution in [0.4, 0.5) is 11.4 Å². The first kappa shape index (κ1) is 23.6. The van der Waals surface area contributed by atoms with E-state index in [9.17, 15) is 19.2 Å². The molecule has 3 aliphatic rings. The summed E-state index contributed by atoms with van der Waals surface area (Å²) in [5.41, 5.74) is 0.889. The van der Waals surface area contributed by atoms with Crippen LogP contribution in [-0.4, -0.2) is 48.2 Å². The molecule has 2 bridgehead atoms. The summed E-state index contributed by atoms with van der Waals surface area (Å²) >= 11 is 12.8. The number of esters is 1. The van der Waals surface area contributed by atoms with E-state index in [-0.39, 0.29) is 45.7 Å². The minimum atomic E-state index is -0.756. The topological polar surface area (TPSA) is 102 Å². The number of imide groups is 1. The van der Waals surface area contributed by atoms with E-state index in [1.54, 1.807) is 36.4 Å². The molecule has 2 aromatic carbocycles. The molecular weight excluding hydrogens is 495 g/mol. The fourth-order valence-electron chi connectivity index (χ4n) is 5.49. The summed E-state index contributed by atoms with van der Waals surface area (Å²) in [5, 5.41) is 1.93. The smallest absolute Gasteiger partial charge is 0.338 e. The van der Waals surface area contributed by atoms with Crippen LogP contribution < -0.4 is 15.0 Å². The van der Waals surface area contributed by atoms with Crippen molar-refractivity contribution in [1.29, 1.82) is 0 Å². The number of amides is 3. The van der Waals surface area contributed by atoms with Gasteiger partial charge in [0, 0.05) is 11.8 Å². The third-order valence-electron chi connectivity index (χ3n) is 7.02. The summed E-state index contributed by atoms with van der Waals surface area (Å²) in [6.45, 7) is -0.510. The molecule has 1 saturated heterocycles. The first-order valence-corrected chi connectivity index (χ1v) is 12.0. The Hall–Kier alpha value is -3.10. The van der Waals surface area contributed by atoms with E-state index in [1.807, 2.05) is 0 Å². The van der Waals surface area contributed by atoms with Crippen molar-refractivity contribution in [1.82, 2.24) is 0 Å². The van der Waals surface area contributed by atoms with Crippen molar-refractivity contribution in [2.24, 2.45) is 23.7 Å². The number of alkyl halides is 2. The van der Waals surface area contributed by atoms with Crippen LogP contribution in [0.5, 0.6) is 5.75 Å². The molecule has 1 heterocycles. The van der Waals surface area contributed by atoms with Crippen LogP contribution in [0.25, 0.3) is 0 Å². The van der Waals surface area contributed by atoms with Crippen LogP contribution in [0, 0.1) is 23.7 Å². The van der Waals surface area contributed by atoms with Gasteiger partial charge in [0.15, 0.2) is 6.61 Å². The van der Waals surface area contributed by atoms with Gasteiger partial charge < -0.3 is 14.8 Å². The van der Waals surface area contributed by atoms with Crippen LogP contribution in [-0.2, 0) is 19.1 Å². The molecule has 2 aliphatic carbocycles. The predicted molar refractivity (Wildman–Crippen MR) is 129 cm³/mol. The molecular formula is C25H22Cl2N2O6. The Bertz CT molecular complexity index is 1190. The quantitative estimate of drug-likeness (QED) is 0.358. The van der Waals surface area contributed by atoms with Crippen molar-refractivity contribution in [2.45, 2.75) is 17.2 Å². The van der Waals surface area contributed by atoms with Crippen LogP contribution in [0.1, 0.15) is 16.8 Å². The van der Waals surface area contributed by atoms with E-state index in [0.717, 1.165) is 4.90 Å². The standard InChI is InChI=1S/C25H22Cl2N2O6/c1-34-15-7-3-5-13(9-15)28-18(30)11-35-25(33)12-4-2-6-14(8-12)29-23(31)19-16-10-17(20(19)24(29)32)22(27)21(16)26/h2-9,16-17,19-22H,10-11H2,1H3,(H,28,30)/t16-,17-,19-,20+,21+,22+/m1/s1. The number of nitrogens with one attached hydrogen (secondary N) is 1. The van der Waals surface area contributed by atoms with Crippen LogP contribution in [0.3, 0.4) is 0 Å². The highest BCUT2D eigenvalue weighted by molar-refractivity contribution is 6.32. The number of anilines is 2. The Balaban J connectivity index is 1.25. The van der Waals surface area contributed by atoms with Crippen LogP contribution in [0.2, 0.25) is 0 Å². The number of rotatable bonds is 6. The average molecular weight is 517 g/mol. The van der Waals surface area contributed by atoms with Crippen molar-refractivity contribution in [2.75, 3.05) is 23.9 Å². The molecule has 182 valence electrons. The molecule has 35 heavy (non-hydrogen) atoms. The van der Waals surface area contributed by atoms with E-state index in [0.29, 0.717) is 17.9 Å². The van der Waals surface area contributed by atoms with Crippen molar-refractivity contribution >= 4 is 58.3 Å². The maximum absolute atomic E-state index is 13.2. The summed E-state index contributed by atoms with van der Waals surface area (Å²) in [6, 6.07) is 12.8. The molecule has 10 heteroatoms. The zero-order chi connectivity index (χ0) is 24.9. The number of hydrogen-bond donors (Lipinski definition) is 1. The minimum absolute atomic E-state index is 0.114. The van der Waals surface area contributed by atoms with E-state index in [4.69, 9.17) is 32.7 Å². The number of carbonyl (C=O) groups is 4. The average Bonchev–Trinajstić information content (AvgIpc) is 3.47. The number of fused-ring (bicyclic) bond motifs is 5. The van der Waals surface area contributed by atoms with Crippen molar-refractivity contribution < 1.29 is 28.7 Å². The molecule has 2 aromatic rings. The summed E-state index contributed by atoms with van der Waals surface area (Å²) in [7, 11) is 1.51. The molecule has 0 aromatic heterocycles. The molecule has 1 N–H and O–H groups in total. The second-order valence-electron chi connectivity index (χ2n) is 8.92. The number of ether oxygens (including phenoxy) is 2. The summed E-state index contributed by atoms with van der Waals surface area (Å²) < 4.78 is 10.2. The monoisotopic (exact) mass is 516 g/mol. The third kappa shape index (κ3) is 4.04.